The molecule has 1 aromatic carbocycles. The lowest BCUT2D eigenvalue weighted by Crippen LogP contribution is -2.37. The SMILES string of the molecule is Cc1ccc(SCCNC2CCCC(C(=O)O)C2)cc1. The normalized spacial score (nSPS) is 22.6. The number of hydrogen-bond acceptors (Lipinski definition) is 3. The van der Waals surface area contributed by atoms with Crippen LogP contribution >= 0.6 is 11.8 Å². The Morgan fingerprint density at radius 1 is 1.35 bits per heavy atom. The van der Waals surface area contributed by atoms with E-state index in [4.69, 9.17) is 5.11 Å². The largest absolute Gasteiger partial charge is 0.481 e. The maximum atomic E-state index is 11.0. The Morgan fingerprint density at radius 3 is 2.80 bits per heavy atom. The summed E-state index contributed by atoms with van der Waals surface area (Å²) < 4.78 is 0. The van der Waals surface area contributed by atoms with E-state index in [9.17, 15) is 4.79 Å². The molecular formula is C16H23NO2S. The van der Waals surface area contributed by atoms with Crippen LogP contribution < -0.4 is 5.32 Å². The minimum Gasteiger partial charge on any atom is -0.481 e. The first-order valence-corrected chi connectivity index (χ1v) is 8.29. The Hall–Kier alpha value is -1.00. The lowest BCUT2D eigenvalue weighted by Gasteiger charge is -2.27. The van der Waals surface area contributed by atoms with Crippen molar-refractivity contribution in [1.82, 2.24) is 5.32 Å². The average Bonchev–Trinajstić information content (AvgIpc) is 2.46. The van der Waals surface area contributed by atoms with Crippen LogP contribution in [0.2, 0.25) is 0 Å². The molecule has 20 heavy (non-hydrogen) atoms. The minimum atomic E-state index is -0.634. The molecule has 0 radical (unpaired) electrons. The van der Waals surface area contributed by atoms with Crippen LogP contribution in [0.5, 0.6) is 0 Å². The molecule has 0 aromatic heterocycles. The van der Waals surface area contributed by atoms with Crippen LogP contribution in [-0.4, -0.2) is 29.4 Å². The third-order valence-corrected chi connectivity index (χ3v) is 4.86. The molecule has 4 heteroatoms. The Bertz CT molecular complexity index is 433. The quantitative estimate of drug-likeness (QED) is 0.624. The molecule has 0 spiro atoms. The van der Waals surface area contributed by atoms with Gasteiger partial charge in [-0.3, -0.25) is 4.79 Å². The van der Waals surface area contributed by atoms with Crippen molar-refractivity contribution in [2.24, 2.45) is 5.92 Å². The predicted octanol–water partition coefficient (Wildman–Crippen LogP) is 3.32. The number of aliphatic carboxylic acids is 1. The van der Waals surface area contributed by atoms with Gasteiger partial charge in [-0.2, -0.15) is 0 Å². The first-order valence-electron chi connectivity index (χ1n) is 7.31. The van der Waals surface area contributed by atoms with Crippen LogP contribution in [0.25, 0.3) is 0 Å². The Labute approximate surface area is 125 Å². The maximum Gasteiger partial charge on any atom is 0.306 e. The van der Waals surface area contributed by atoms with E-state index in [1.165, 1.54) is 10.5 Å². The average molecular weight is 293 g/mol. The summed E-state index contributed by atoms with van der Waals surface area (Å²) in [6.07, 6.45) is 3.76. The van der Waals surface area contributed by atoms with Crippen molar-refractivity contribution >= 4 is 17.7 Å². The number of thioether (sulfide) groups is 1. The van der Waals surface area contributed by atoms with Crippen LogP contribution in [0.3, 0.4) is 0 Å². The monoisotopic (exact) mass is 293 g/mol. The highest BCUT2D eigenvalue weighted by atomic mass is 32.2. The van der Waals surface area contributed by atoms with Crippen LogP contribution in [0, 0.1) is 12.8 Å². The summed E-state index contributed by atoms with van der Waals surface area (Å²) in [6.45, 7) is 3.04. The molecule has 2 rings (SSSR count). The number of carboxylic acids is 1. The molecule has 0 bridgehead atoms. The van der Waals surface area contributed by atoms with E-state index in [1.807, 2.05) is 11.8 Å². The van der Waals surface area contributed by atoms with Gasteiger partial charge in [-0.05, 0) is 38.3 Å². The Morgan fingerprint density at radius 2 is 2.10 bits per heavy atom. The van der Waals surface area contributed by atoms with E-state index < -0.39 is 5.97 Å². The van der Waals surface area contributed by atoms with Gasteiger partial charge in [0.25, 0.3) is 0 Å². The summed E-state index contributed by atoms with van der Waals surface area (Å²) in [5.41, 5.74) is 1.29. The van der Waals surface area contributed by atoms with Gasteiger partial charge < -0.3 is 10.4 Å². The molecule has 0 saturated heterocycles. The molecule has 0 heterocycles. The van der Waals surface area contributed by atoms with Crippen molar-refractivity contribution in [1.29, 1.82) is 0 Å². The van der Waals surface area contributed by atoms with Gasteiger partial charge in [-0.15, -0.1) is 11.8 Å². The summed E-state index contributed by atoms with van der Waals surface area (Å²) >= 11 is 1.85. The van der Waals surface area contributed by atoms with Gasteiger partial charge in [-0.1, -0.05) is 24.1 Å². The molecule has 1 aliphatic rings. The number of rotatable bonds is 6. The standard InChI is InChI=1S/C16H23NO2S/c1-12-5-7-15(8-6-12)20-10-9-17-14-4-2-3-13(11-14)16(18)19/h5-8,13-14,17H,2-4,9-11H2,1H3,(H,18,19). The number of carbonyl (C=O) groups is 1. The van der Waals surface area contributed by atoms with Crippen LogP contribution in [-0.2, 0) is 4.79 Å². The molecule has 1 aromatic rings. The number of nitrogens with one attached hydrogen (secondary N) is 1. The van der Waals surface area contributed by atoms with E-state index in [-0.39, 0.29) is 5.92 Å². The van der Waals surface area contributed by atoms with E-state index in [0.29, 0.717) is 6.04 Å². The molecule has 1 fully saturated rings. The molecule has 3 nitrogen and oxygen atoms in total. The highest BCUT2D eigenvalue weighted by Crippen LogP contribution is 2.24. The molecular weight excluding hydrogens is 270 g/mol. The summed E-state index contributed by atoms with van der Waals surface area (Å²) in [5.74, 6) is 0.244. The summed E-state index contributed by atoms with van der Waals surface area (Å²) in [5, 5.41) is 12.6. The molecule has 0 aliphatic heterocycles. The molecule has 2 N–H and O–H groups in total. The predicted molar refractivity (Wildman–Crippen MR) is 83.3 cm³/mol. The topological polar surface area (TPSA) is 49.3 Å². The molecule has 110 valence electrons. The summed E-state index contributed by atoms with van der Waals surface area (Å²) in [6, 6.07) is 8.95. The third-order valence-electron chi connectivity index (χ3n) is 3.85. The number of aryl methyl sites for hydroxylation is 1. The molecule has 1 aliphatic carbocycles. The number of benzene rings is 1. The van der Waals surface area contributed by atoms with E-state index in [2.05, 4.69) is 36.5 Å². The van der Waals surface area contributed by atoms with Crippen LogP contribution in [0.4, 0.5) is 0 Å². The number of hydrogen-bond donors (Lipinski definition) is 2. The Kier molecular flexibility index (Phi) is 5.92. The fraction of sp³-hybridized carbons (Fsp3) is 0.562. The fourth-order valence-corrected chi connectivity index (χ4v) is 3.45. The fourth-order valence-electron chi connectivity index (χ4n) is 2.67. The van der Waals surface area contributed by atoms with Gasteiger partial charge in [0.2, 0.25) is 0 Å². The van der Waals surface area contributed by atoms with Gasteiger partial charge in [-0.25, -0.2) is 0 Å². The second-order valence-corrected chi connectivity index (χ2v) is 6.68. The number of carboxylic acid groups (broad SMARTS) is 1. The van der Waals surface area contributed by atoms with E-state index in [0.717, 1.165) is 38.0 Å². The third kappa shape index (κ3) is 4.84. The minimum absolute atomic E-state index is 0.147. The highest BCUT2D eigenvalue weighted by Gasteiger charge is 2.26. The first-order chi connectivity index (χ1) is 9.65. The highest BCUT2D eigenvalue weighted by molar-refractivity contribution is 7.99. The molecule has 2 atom stereocenters. The van der Waals surface area contributed by atoms with Crippen molar-refractivity contribution in [3.05, 3.63) is 29.8 Å². The van der Waals surface area contributed by atoms with Crippen LogP contribution in [0.1, 0.15) is 31.2 Å². The molecule has 0 amide bonds. The summed E-state index contributed by atoms with van der Waals surface area (Å²) in [7, 11) is 0. The van der Waals surface area contributed by atoms with Crippen LogP contribution in [0.15, 0.2) is 29.2 Å². The van der Waals surface area contributed by atoms with Gasteiger partial charge in [0, 0.05) is 23.2 Å². The zero-order chi connectivity index (χ0) is 14.4. The lowest BCUT2D eigenvalue weighted by atomic mass is 9.86. The first kappa shape index (κ1) is 15.4. The molecule has 1 saturated carbocycles. The second kappa shape index (κ2) is 7.70. The smallest absolute Gasteiger partial charge is 0.306 e. The van der Waals surface area contributed by atoms with Crippen molar-refractivity contribution in [2.45, 2.75) is 43.5 Å². The lowest BCUT2D eigenvalue weighted by molar-refractivity contribution is -0.143. The zero-order valence-electron chi connectivity index (χ0n) is 12.0. The zero-order valence-corrected chi connectivity index (χ0v) is 12.8. The van der Waals surface area contributed by atoms with E-state index >= 15 is 0 Å². The van der Waals surface area contributed by atoms with Gasteiger partial charge >= 0.3 is 5.97 Å². The second-order valence-electron chi connectivity index (χ2n) is 5.51. The Balaban J connectivity index is 1.65. The molecule has 2 unspecified atom stereocenters. The van der Waals surface area contributed by atoms with Gasteiger partial charge in [0.05, 0.1) is 5.92 Å². The van der Waals surface area contributed by atoms with Gasteiger partial charge in [0.1, 0.15) is 0 Å². The maximum absolute atomic E-state index is 11.0. The van der Waals surface area contributed by atoms with Crippen molar-refractivity contribution < 1.29 is 9.90 Å². The van der Waals surface area contributed by atoms with Gasteiger partial charge in [0.15, 0.2) is 0 Å². The summed E-state index contributed by atoms with van der Waals surface area (Å²) in [4.78, 5) is 12.3. The van der Waals surface area contributed by atoms with Crippen molar-refractivity contribution in [3.63, 3.8) is 0 Å². The van der Waals surface area contributed by atoms with Crippen molar-refractivity contribution in [2.75, 3.05) is 12.3 Å². The van der Waals surface area contributed by atoms with Crippen molar-refractivity contribution in [3.8, 4) is 0 Å². The van der Waals surface area contributed by atoms with E-state index in [1.54, 1.807) is 0 Å².